The van der Waals surface area contributed by atoms with Gasteiger partial charge in [0.2, 0.25) is 0 Å². The minimum Gasteiger partial charge on any atom is -0.497 e. The second kappa shape index (κ2) is 8.98. The lowest BCUT2D eigenvalue weighted by Crippen LogP contribution is -2.49. The number of benzene rings is 2. The fourth-order valence-electron chi connectivity index (χ4n) is 3.71. The van der Waals surface area contributed by atoms with Crippen LogP contribution < -0.4 is 14.4 Å². The molecule has 32 heavy (non-hydrogen) atoms. The molecule has 0 spiro atoms. The summed E-state index contributed by atoms with van der Waals surface area (Å²) in [4.78, 5) is 16.5. The Labute approximate surface area is 184 Å². The molecular formula is C23H21FN4O4. The maximum absolute atomic E-state index is 13.9. The van der Waals surface area contributed by atoms with Crippen LogP contribution in [0.5, 0.6) is 11.5 Å². The zero-order valence-electron chi connectivity index (χ0n) is 17.7. The van der Waals surface area contributed by atoms with Gasteiger partial charge in [-0.15, -0.1) is 0 Å². The predicted molar refractivity (Wildman–Crippen MR) is 114 cm³/mol. The van der Waals surface area contributed by atoms with Crippen molar-refractivity contribution >= 4 is 11.6 Å². The van der Waals surface area contributed by atoms with Gasteiger partial charge in [0.25, 0.3) is 5.91 Å². The van der Waals surface area contributed by atoms with Crippen LogP contribution in [0, 0.1) is 17.1 Å². The number of carbonyl (C=O) groups excluding carboxylic acids is 1. The lowest BCUT2D eigenvalue weighted by Gasteiger charge is -2.36. The lowest BCUT2D eigenvalue weighted by atomic mass is 10.1. The van der Waals surface area contributed by atoms with Gasteiger partial charge in [0, 0.05) is 32.2 Å². The monoisotopic (exact) mass is 436 g/mol. The molecule has 4 rings (SSSR count). The van der Waals surface area contributed by atoms with Gasteiger partial charge in [0.1, 0.15) is 28.9 Å². The smallest absolute Gasteiger partial charge is 0.276 e. The molecular weight excluding hydrogens is 415 g/mol. The Hall–Kier alpha value is -4.06. The third kappa shape index (κ3) is 3.95. The minimum absolute atomic E-state index is 0.0145. The number of methoxy groups -OCH3 is 2. The van der Waals surface area contributed by atoms with Crippen LogP contribution >= 0.6 is 0 Å². The third-order valence-electron chi connectivity index (χ3n) is 5.41. The first-order chi connectivity index (χ1) is 15.5. The van der Waals surface area contributed by atoms with E-state index in [1.165, 1.54) is 6.07 Å². The summed E-state index contributed by atoms with van der Waals surface area (Å²) in [6.45, 7) is 1.76. The Morgan fingerprint density at radius 2 is 1.91 bits per heavy atom. The second-order valence-corrected chi connectivity index (χ2v) is 7.17. The van der Waals surface area contributed by atoms with Crippen LogP contribution in [-0.4, -0.2) is 56.4 Å². The van der Waals surface area contributed by atoms with Gasteiger partial charge in [-0.25, -0.2) is 4.39 Å². The van der Waals surface area contributed by atoms with Crippen LogP contribution in [0.15, 0.2) is 47.0 Å². The molecule has 0 unspecified atom stereocenters. The molecule has 1 aliphatic rings. The van der Waals surface area contributed by atoms with Gasteiger partial charge in [-0.3, -0.25) is 4.79 Å². The van der Waals surface area contributed by atoms with Crippen LogP contribution in [0.25, 0.3) is 11.3 Å². The summed E-state index contributed by atoms with van der Waals surface area (Å²) in [5, 5.41) is 13.2. The average Bonchev–Trinajstić information content (AvgIpc) is 3.33. The summed E-state index contributed by atoms with van der Waals surface area (Å²) in [5.41, 5.74) is 1.36. The van der Waals surface area contributed by atoms with Gasteiger partial charge in [-0.1, -0.05) is 11.2 Å². The SMILES string of the molecule is COc1ccc(OC)c(-c2cc(C(=O)N3CCN(c4cccc(F)c4C#N)CC3)no2)c1. The number of halogens is 1. The number of rotatable bonds is 5. The fraction of sp³-hybridized carbons (Fsp3) is 0.261. The summed E-state index contributed by atoms with van der Waals surface area (Å²) in [6.07, 6.45) is 0. The van der Waals surface area contributed by atoms with E-state index < -0.39 is 5.82 Å². The van der Waals surface area contributed by atoms with Crippen molar-refractivity contribution in [2.45, 2.75) is 0 Å². The number of piperazine rings is 1. The topological polar surface area (TPSA) is 91.8 Å². The highest BCUT2D eigenvalue weighted by Crippen LogP contribution is 2.34. The number of amides is 1. The van der Waals surface area contributed by atoms with Crippen molar-refractivity contribution in [1.29, 1.82) is 5.26 Å². The molecule has 8 nitrogen and oxygen atoms in total. The van der Waals surface area contributed by atoms with Gasteiger partial charge in [-0.2, -0.15) is 5.26 Å². The van der Waals surface area contributed by atoms with Crippen molar-refractivity contribution < 1.29 is 23.2 Å². The van der Waals surface area contributed by atoms with Crippen LogP contribution in [0.1, 0.15) is 16.1 Å². The number of nitriles is 1. The molecule has 0 aliphatic carbocycles. The maximum Gasteiger partial charge on any atom is 0.276 e. The summed E-state index contributed by atoms with van der Waals surface area (Å²) in [6, 6.07) is 13.3. The Bertz CT molecular complexity index is 1180. The van der Waals surface area contributed by atoms with Gasteiger partial charge in [-0.05, 0) is 30.3 Å². The van der Waals surface area contributed by atoms with Crippen molar-refractivity contribution in [3.63, 3.8) is 0 Å². The van der Waals surface area contributed by atoms with Crippen molar-refractivity contribution in [2.75, 3.05) is 45.3 Å². The van der Waals surface area contributed by atoms with Crippen molar-refractivity contribution in [2.24, 2.45) is 0 Å². The minimum atomic E-state index is -0.549. The molecule has 1 aliphatic heterocycles. The quantitative estimate of drug-likeness (QED) is 0.606. The van der Waals surface area contributed by atoms with E-state index in [0.717, 1.165) is 0 Å². The van der Waals surface area contributed by atoms with Gasteiger partial charge in [0.05, 0.1) is 25.5 Å². The molecule has 0 atom stereocenters. The molecule has 2 aromatic carbocycles. The molecule has 0 radical (unpaired) electrons. The lowest BCUT2D eigenvalue weighted by molar-refractivity contribution is 0.0736. The van der Waals surface area contributed by atoms with E-state index in [1.807, 2.05) is 11.0 Å². The van der Waals surface area contributed by atoms with Crippen LogP contribution in [0.4, 0.5) is 10.1 Å². The number of ether oxygens (including phenoxy) is 2. The van der Waals surface area contributed by atoms with E-state index in [4.69, 9.17) is 14.0 Å². The van der Waals surface area contributed by atoms with Crippen molar-refractivity contribution in [3.05, 3.63) is 59.5 Å². The first-order valence-corrected chi connectivity index (χ1v) is 9.97. The molecule has 0 N–H and O–H groups in total. The second-order valence-electron chi connectivity index (χ2n) is 7.17. The van der Waals surface area contributed by atoms with Crippen LogP contribution in [0.2, 0.25) is 0 Å². The first-order valence-electron chi connectivity index (χ1n) is 9.97. The summed E-state index contributed by atoms with van der Waals surface area (Å²) >= 11 is 0. The molecule has 164 valence electrons. The van der Waals surface area contributed by atoms with E-state index >= 15 is 0 Å². The number of hydrogen-bond acceptors (Lipinski definition) is 7. The van der Waals surface area contributed by atoms with Gasteiger partial charge in [0.15, 0.2) is 11.5 Å². The fourth-order valence-corrected chi connectivity index (χ4v) is 3.71. The third-order valence-corrected chi connectivity index (χ3v) is 5.41. The highest BCUT2D eigenvalue weighted by molar-refractivity contribution is 5.93. The average molecular weight is 436 g/mol. The van der Waals surface area contributed by atoms with Crippen LogP contribution in [0.3, 0.4) is 0 Å². The highest BCUT2D eigenvalue weighted by atomic mass is 19.1. The number of anilines is 1. The highest BCUT2D eigenvalue weighted by Gasteiger charge is 2.27. The Morgan fingerprint density at radius 1 is 1.12 bits per heavy atom. The molecule has 1 saturated heterocycles. The van der Waals surface area contributed by atoms with E-state index in [1.54, 1.807) is 55.5 Å². The van der Waals surface area contributed by atoms with Crippen molar-refractivity contribution in [3.8, 4) is 28.9 Å². The first kappa shape index (κ1) is 21.2. The largest absolute Gasteiger partial charge is 0.497 e. The standard InChI is InChI=1S/C23H21FN4O4/c1-30-15-6-7-21(31-2)16(12-15)22-13-19(26-32-22)23(29)28-10-8-27(9-11-28)20-5-3-4-18(24)17(20)14-25/h3-7,12-13H,8-11H2,1-2H3. The molecule has 1 amide bonds. The van der Waals surface area contributed by atoms with E-state index in [-0.39, 0.29) is 17.2 Å². The number of carbonyl (C=O) groups is 1. The van der Waals surface area contributed by atoms with E-state index in [9.17, 15) is 14.4 Å². The Morgan fingerprint density at radius 3 is 2.59 bits per heavy atom. The molecule has 1 aromatic heterocycles. The number of aromatic nitrogens is 1. The number of nitrogens with zero attached hydrogens (tertiary/aromatic N) is 4. The molecule has 1 fully saturated rings. The maximum atomic E-state index is 13.9. The normalized spacial score (nSPS) is 13.6. The summed E-state index contributed by atoms with van der Waals surface area (Å²) in [5.74, 6) is 0.766. The zero-order chi connectivity index (χ0) is 22.7. The zero-order valence-corrected chi connectivity index (χ0v) is 17.7. The summed E-state index contributed by atoms with van der Waals surface area (Å²) in [7, 11) is 3.10. The molecule has 0 saturated carbocycles. The molecule has 2 heterocycles. The van der Waals surface area contributed by atoms with Gasteiger partial charge >= 0.3 is 0 Å². The van der Waals surface area contributed by atoms with E-state index in [2.05, 4.69) is 5.16 Å². The molecule has 3 aromatic rings. The molecule has 9 heteroatoms. The predicted octanol–water partition coefficient (Wildman–Crippen LogP) is 3.33. The van der Waals surface area contributed by atoms with E-state index in [0.29, 0.717) is 54.7 Å². The molecule has 0 bridgehead atoms. The summed E-state index contributed by atoms with van der Waals surface area (Å²) < 4.78 is 30.0. The van der Waals surface area contributed by atoms with Crippen LogP contribution in [-0.2, 0) is 0 Å². The number of hydrogen-bond donors (Lipinski definition) is 0. The van der Waals surface area contributed by atoms with Crippen molar-refractivity contribution in [1.82, 2.24) is 10.1 Å². The Kier molecular flexibility index (Phi) is 5.94. The Balaban J connectivity index is 1.48. The van der Waals surface area contributed by atoms with Gasteiger partial charge < -0.3 is 23.8 Å².